The molecule has 4 nitrogen and oxygen atoms in total. The molecule has 1 aliphatic heterocycles. The molecule has 0 spiro atoms. The summed E-state index contributed by atoms with van der Waals surface area (Å²) in [6, 6.07) is 16.0. The van der Waals surface area contributed by atoms with E-state index >= 15 is 0 Å². The molecule has 0 radical (unpaired) electrons. The number of ether oxygens (including phenoxy) is 2. The number of carbonyl (C=O) groups excluding carboxylic acids is 1. The summed E-state index contributed by atoms with van der Waals surface area (Å²) in [5.74, 6) is 1.41. The summed E-state index contributed by atoms with van der Waals surface area (Å²) in [5.41, 5.74) is 2.91. The highest BCUT2D eigenvalue weighted by molar-refractivity contribution is 5.94. The number of nitrogens with zero attached hydrogens (tertiary/aromatic N) is 1. The van der Waals surface area contributed by atoms with E-state index < -0.39 is 0 Å². The number of rotatable bonds is 7. The number of Topliss-reactive ketones (excluding diaryl/α,β-unsaturated/α-hetero) is 1. The van der Waals surface area contributed by atoms with Crippen LogP contribution in [-0.2, 0) is 11.3 Å². The average Bonchev–Trinajstić information content (AvgIpc) is 3.15. The topological polar surface area (TPSA) is 38.8 Å². The van der Waals surface area contributed by atoms with Crippen molar-refractivity contribution >= 4 is 11.5 Å². The number of para-hydroxylation sites is 1. The van der Waals surface area contributed by atoms with Crippen molar-refractivity contribution in [3.8, 4) is 5.75 Å². The molecule has 0 N–H and O–H groups in total. The Kier molecular flexibility index (Phi) is 5.71. The molecule has 0 amide bonds. The standard InChI is InChI=1S/C21H25NO3/c1-16(23)18-8-9-21(24-2)19(12-18)14-22(13-17-10-11-25-15-17)20-6-4-3-5-7-20/h3-9,12,17H,10-11,13-15H2,1-2H3. The second-order valence-electron chi connectivity index (χ2n) is 6.53. The quantitative estimate of drug-likeness (QED) is 0.716. The number of methoxy groups -OCH3 is 1. The van der Waals surface area contributed by atoms with Gasteiger partial charge in [0.15, 0.2) is 5.78 Å². The van der Waals surface area contributed by atoms with Crippen LogP contribution in [0.2, 0.25) is 0 Å². The summed E-state index contributed by atoms with van der Waals surface area (Å²) < 4.78 is 11.1. The zero-order valence-corrected chi connectivity index (χ0v) is 14.9. The fourth-order valence-corrected chi connectivity index (χ4v) is 3.27. The minimum absolute atomic E-state index is 0.0688. The number of hydrogen-bond acceptors (Lipinski definition) is 4. The molecule has 0 saturated carbocycles. The fraction of sp³-hybridized carbons (Fsp3) is 0.381. The number of ketones is 1. The van der Waals surface area contributed by atoms with Gasteiger partial charge in [-0.05, 0) is 43.7 Å². The minimum Gasteiger partial charge on any atom is -0.496 e. The lowest BCUT2D eigenvalue weighted by Gasteiger charge is -2.28. The number of benzene rings is 2. The first-order chi connectivity index (χ1) is 12.2. The first-order valence-corrected chi connectivity index (χ1v) is 8.73. The van der Waals surface area contributed by atoms with Gasteiger partial charge in [-0.25, -0.2) is 0 Å². The molecule has 1 atom stereocenters. The van der Waals surface area contributed by atoms with Crippen molar-refractivity contribution in [3.05, 3.63) is 59.7 Å². The normalized spacial score (nSPS) is 16.6. The first kappa shape index (κ1) is 17.5. The molecule has 4 heteroatoms. The van der Waals surface area contributed by atoms with Gasteiger partial charge in [-0.15, -0.1) is 0 Å². The SMILES string of the molecule is COc1ccc(C(C)=O)cc1CN(CC1CCOC1)c1ccccc1. The van der Waals surface area contributed by atoms with Crippen LogP contribution in [0.15, 0.2) is 48.5 Å². The van der Waals surface area contributed by atoms with Gasteiger partial charge in [0, 0.05) is 42.4 Å². The summed E-state index contributed by atoms with van der Waals surface area (Å²) in [5, 5.41) is 0. The van der Waals surface area contributed by atoms with E-state index in [9.17, 15) is 4.79 Å². The molecule has 1 fully saturated rings. The maximum atomic E-state index is 11.8. The molecule has 132 valence electrons. The van der Waals surface area contributed by atoms with Crippen LogP contribution >= 0.6 is 0 Å². The lowest BCUT2D eigenvalue weighted by molar-refractivity contribution is 0.101. The summed E-state index contributed by atoms with van der Waals surface area (Å²) >= 11 is 0. The third-order valence-corrected chi connectivity index (χ3v) is 4.67. The molecule has 0 bridgehead atoms. The van der Waals surface area contributed by atoms with E-state index in [-0.39, 0.29) is 5.78 Å². The first-order valence-electron chi connectivity index (χ1n) is 8.73. The van der Waals surface area contributed by atoms with Gasteiger partial charge in [-0.1, -0.05) is 18.2 Å². The minimum atomic E-state index is 0.0688. The maximum absolute atomic E-state index is 11.8. The van der Waals surface area contributed by atoms with Gasteiger partial charge in [-0.3, -0.25) is 4.79 Å². The molecule has 1 aliphatic rings. The van der Waals surface area contributed by atoms with Crippen molar-refractivity contribution in [1.82, 2.24) is 0 Å². The van der Waals surface area contributed by atoms with Gasteiger partial charge >= 0.3 is 0 Å². The molecule has 0 aromatic heterocycles. The Bertz CT molecular complexity index is 708. The Morgan fingerprint density at radius 3 is 2.68 bits per heavy atom. The van der Waals surface area contributed by atoms with Crippen LogP contribution < -0.4 is 9.64 Å². The van der Waals surface area contributed by atoms with E-state index in [0.29, 0.717) is 18.0 Å². The molecular weight excluding hydrogens is 314 g/mol. The fourth-order valence-electron chi connectivity index (χ4n) is 3.27. The lowest BCUT2D eigenvalue weighted by atomic mass is 10.0. The van der Waals surface area contributed by atoms with Gasteiger partial charge in [0.25, 0.3) is 0 Å². The van der Waals surface area contributed by atoms with Crippen LogP contribution in [0.5, 0.6) is 5.75 Å². The number of carbonyl (C=O) groups is 1. The summed E-state index contributed by atoms with van der Waals surface area (Å²) in [6.07, 6.45) is 1.09. The second kappa shape index (κ2) is 8.17. The number of hydrogen-bond donors (Lipinski definition) is 0. The number of anilines is 1. The van der Waals surface area contributed by atoms with Gasteiger partial charge in [-0.2, -0.15) is 0 Å². The monoisotopic (exact) mass is 339 g/mol. The Balaban J connectivity index is 1.88. The zero-order chi connectivity index (χ0) is 17.6. The second-order valence-corrected chi connectivity index (χ2v) is 6.53. The van der Waals surface area contributed by atoms with Crippen molar-refractivity contribution < 1.29 is 14.3 Å². The average molecular weight is 339 g/mol. The maximum Gasteiger partial charge on any atom is 0.159 e. The van der Waals surface area contributed by atoms with E-state index in [1.165, 1.54) is 5.69 Å². The van der Waals surface area contributed by atoms with Crippen LogP contribution in [-0.4, -0.2) is 32.7 Å². The van der Waals surface area contributed by atoms with Crippen molar-refractivity contribution in [3.63, 3.8) is 0 Å². The molecule has 1 unspecified atom stereocenters. The Morgan fingerprint density at radius 1 is 1.24 bits per heavy atom. The van der Waals surface area contributed by atoms with E-state index in [1.807, 2.05) is 24.3 Å². The van der Waals surface area contributed by atoms with Crippen LogP contribution in [0.1, 0.15) is 29.3 Å². The molecule has 1 heterocycles. The third kappa shape index (κ3) is 4.40. The van der Waals surface area contributed by atoms with Crippen molar-refractivity contribution in [2.24, 2.45) is 5.92 Å². The van der Waals surface area contributed by atoms with E-state index in [1.54, 1.807) is 14.0 Å². The van der Waals surface area contributed by atoms with Crippen LogP contribution in [0, 0.1) is 5.92 Å². The highest BCUT2D eigenvalue weighted by Crippen LogP contribution is 2.27. The van der Waals surface area contributed by atoms with E-state index in [4.69, 9.17) is 9.47 Å². The van der Waals surface area contributed by atoms with Gasteiger partial charge < -0.3 is 14.4 Å². The highest BCUT2D eigenvalue weighted by Gasteiger charge is 2.21. The molecular formula is C21H25NO3. The molecule has 0 aliphatic carbocycles. The Hall–Kier alpha value is -2.33. The van der Waals surface area contributed by atoms with Gasteiger partial charge in [0.05, 0.1) is 13.7 Å². The van der Waals surface area contributed by atoms with Crippen molar-refractivity contribution in [2.45, 2.75) is 19.9 Å². The molecule has 1 saturated heterocycles. The van der Waals surface area contributed by atoms with Crippen LogP contribution in [0.4, 0.5) is 5.69 Å². The molecule has 25 heavy (non-hydrogen) atoms. The summed E-state index contributed by atoms with van der Waals surface area (Å²) in [4.78, 5) is 14.1. The summed E-state index contributed by atoms with van der Waals surface area (Å²) in [6.45, 7) is 4.88. The molecule has 2 aromatic rings. The van der Waals surface area contributed by atoms with Crippen LogP contribution in [0.25, 0.3) is 0 Å². The Morgan fingerprint density at radius 2 is 2.04 bits per heavy atom. The molecule has 2 aromatic carbocycles. The predicted molar refractivity (Wildman–Crippen MR) is 99.4 cm³/mol. The third-order valence-electron chi connectivity index (χ3n) is 4.67. The summed E-state index contributed by atoms with van der Waals surface area (Å²) in [7, 11) is 1.67. The van der Waals surface area contributed by atoms with Crippen LogP contribution in [0.3, 0.4) is 0 Å². The smallest absolute Gasteiger partial charge is 0.159 e. The van der Waals surface area contributed by atoms with Gasteiger partial charge in [0.2, 0.25) is 0 Å². The van der Waals surface area contributed by atoms with Crippen molar-refractivity contribution in [1.29, 1.82) is 0 Å². The largest absolute Gasteiger partial charge is 0.496 e. The predicted octanol–water partition coefficient (Wildman–Crippen LogP) is 3.94. The zero-order valence-electron chi connectivity index (χ0n) is 14.9. The molecule has 3 rings (SSSR count). The Labute approximate surface area is 149 Å². The lowest BCUT2D eigenvalue weighted by Crippen LogP contribution is -2.29. The van der Waals surface area contributed by atoms with E-state index in [2.05, 4.69) is 29.2 Å². The van der Waals surface area contributed by atoms with Gasteiger partial charge in [0.1, 0.15) is 5.75 Å². The van der Waals surface area contributed by atoms with E-state index in [0.717, 1.165) is 37.5 Å². The van der Waals surface area contributed by atoms with Crippen molar-refractivity contribution in [2.75, 3.05) is 31.8 Å². The highest BCUT2D eigenvalue weighted by atomic mass is 16.5.